The van der Waals surface area contributed by atoms with Gasteiger partial charge >= 0.3 is 0 Å². The van der Waals surface area contributed by atoms with E-state index in [1.54, 1.807) is 34.8 Å². The summed E-state index contributed by atoms with van der Waals surface area (Å²) in [5, 5.41) is 4.59. The van der Waals surface area contributed by atoms with Gasteiger partial charge in [0, 0.05) is 28.3 Å². The summed E-state index contributed by atoms with van der Waals surface area (Å²) in [6, 6.07) is 9.69. The van der Waals surface area contributed by atoms with Gasteiger partial charge in [0.05, 0.1) is 24.3 Å². The number of halogens is 1. The van der Waals surface area contributed by atoms with Gasteiger partial charge in [-0.3, -0.25) is 4.79 Å². The van der Waals surface area contributed by atoms with Crippen molar-refractivity contribution in [1.29, 1.82) is 0 Å². The van der Waals surface area contributed by atoms with Gasteiger partial charge in [0.15, 0.2) is 11.5 Å². The SMILES string of the molecule is O=C(c1cc(Cl)c2c(c1)OCCCO2)N1CCc2sccc2[C@H]1c1cccs1. The highest BCUT2D eigenvalue weighted by Gasteiger charge is 2.34. The van der Waals surface area contributed by atoms with Crippen LogP contribution in [0.25, 0.3) is 0 Å². The highest BCUT2D eigenvalue weighted by atomic mass is 35.5. The summed E-state index contributed by atoms with van der Waals surface area (Å²) in [4.78, 5) is 18.0. The maximum absolute atomic E-state index is 13.5. The fraction of sp³-hybridized carbons (Fsp3) is 0.286. The second-order valence-corrected chi connectivity index (χ2v) is 9.19. The molecule has 0 fully saturated rings. The molecule has 0 aliphatic carbocycles. The fourth-order valence-electron chi connectivity index (χ4n) is 3.81. The van der Waals surface area contributed by atoms with E-state index in [1.807, 2.05) is 11.0 Å². The zero-order valence-corrected chi connectivity index (χ0v) is 17.4. The smallest absolute Gasteiger partial charge is 0.254 e. The number of carbonyl (C=O) groups excluding carboxylic acids is 1. The molecule has 2 aliphatic heterocycles. The molecule has 5 rings (SSSR count). The van der Waals surface area contributed by atoms with E-state index in [2.05, 4.69) is 22.9 Å². The number of carbonyl (C=O) groups is 1. The molecule has 28 heavy (non-hydrogen) atoms. The monoisotopic (exact) mass is 431 g/mol. The number of nitrogens with zero attached hydrogens (tertiary/aromatic N) is 1. The molecule has 4 nitrogen and oxygen atoms in total. The molecule has 0 spiro atoms. The molecule has 2 aromatic heterocycles. The second kappa shape index (κ2) is 7.43. The van der Waals surface area contributed by atoms with Crippen LogP contribution in [0.5, 0.6) is 11.5 Å². The van der Waals surface area contributed by atoms with E-state index in [0.29, 0.717) is 41.8 Å². The van der Waals surface area contributed by atoms with E-state index < -0.39 is 0 Å². The molecule has 2 aliphatic rings. The third-order valence-electron chi connectivity index (χ3n) is 5.09. The molecule has 4 heterocycles. The number of benzene rings is 1. The maximum Gasteiger partial charge on any atom is 0.254 e. The van der Waals surface area contributed by atoms with E-state index in [0.717, 1.165) is 12.8 Å². The van der Waals surface area contributed by atoms with Crippen molar-refractivity contribution >= 4 is 40.2 Å². The normalized spacial score (nSPS) is 18.5. The van der Waals surface area contributed by atoms with Crippen molar-refractivity contribution in [3.63, 3.8) is 0 Å². The Kier molecular flexibility index (Phi) is 4.78. The number of hydrogen-bond donors (Lipinski definition) is 0. The molecular weight excluding hydrogens is 414 g/mol. The third kappa shape index (κ3) is 3.09. The molecule has 144 valence electrons. The Morgan fingerprint density at radius 3 is 2.89 bits per heavy atom. The first-order chi connectivity index (χ1) is 13.7. The van der Waals surface area contributed by atoms with E-state index >= 15 is 0 Å². The number of fused-ring (bicyclic) bond motifs is 2. The lowest BCUT2D eigenvalue weighted by Crippen LogP contribution is -2.39. The average molecular weight is 432 g/mol. The van der Waals surface area contributed by atoms with Crippen molar-refractivity contribution in [2.75, 3.05) is 19.8 Å². The molecule has 3 aromatic rings. The number of hydrogen-bond acceptors (Lipinski definition) is 5. The zero-order valence-electron chi connectivity index (χ0n) is 15.0. The molecule has 1 aromatic carbocycles. The Morgan fingerprint density at radius 1 is 1.14 bits per heavy atom. The van der Waals surface area contributed by atoms with Crippen molar-refractivity contribution in [3.8, 4) is 11.5 Å². The molecule has 1 atom stereocenters. The predicted octanol–water partition coefficient (Wildman–Crippen LogP) is 5.41. The highest BCUT2D eigenvalue weighted by Crippen LogP contribution is 2.42. The van der Waals surface area contributed by atoms with Gasteiger partial charge in [0.2, 0.25) is 0 Å². The standard InChI is InChI=1S/C21H18ClNO3S2/c22-15-11-13(12-16-20(15)26-8-2-7-25-16)21(24)23-6-4-17-14(5-10-28-17)19(23)18-3-1-9-27-18/h1,3,5,9-12,19H,2,4,6-8H2/t19-/m0/s1. The first kappa shape index (κ1) is 18.0. The summed E-state index contributed by atoms with van der Waals surface area (Å²) >= 11 is 9.88. The topological polar surface area (TPSA) is 38.8 Å². The maximum atomic E-state index is 13.5. The van der Waals surface area contributed by atoms with Crippen LogP contribution in [0.15, 0.2) is 41.1 Å². The van der Waals surface area contributed by atoms with E-state index in [1.165, 1.54) is 15.3 Å². The quantitative estimate of drug-likeness (QED) is 0.544. The molecule has 0 radical (unpaired) electrons. The van der Waals surface area contributed by atoms with Crippen molar-refractivity contribution < 1.29 is 14.3 Å². The Balaban J connectivity index is 1.54. The van der Waals surface area contributed by atoms with Crippen LogP contribution in [0.1, 0.15) is 38.1 Å². The van der Waals surface area contributed by atoms with Gasteiger partial charge < -0.3 is 14.4 Å². The molecule has 0 bridgehead atoms. The van der Waals surface area contributed by atoms with Gasteiger partial charge in [-0.2, -0.15) is 0 Å². The molecule has 0 N–H and O–H groups in total. The third-order valence-corrected chi connectivity index (χ3v) is 7.29. The van der Waals surface area contributed by atoms with E-state index in [-0.39, 0.29) is 11.9 Å². The summed E-state index contributed by atoms with van der Waals surface area (Å²) in [6.45, 7) is 1.80. The van der Waals surface area contributed by atoms with Crippen LogP contribution in [0, 0.1) is 0 Å². The summed E-state index contributed by atoms with van der Waals surface area (Å²) in [5.74, 6) is 1.05. The number of amides is 1. The van der Waals surface area contributed by atoms with Gasteiger partial charge in [0.25, 0.3) is 5.91 Å². The van der Waals surface area contributed by atoms with Gasteiger partial charge in [0.1, 0.15) is 0 Å². The van der Waals surface area contributed by atoms with Crippen molar-refractivity contribution in [2.45, 2.75) is 18.9 Å². The summed E-state index contributed by atoms with van der Waals surface area (Å²) in [7, 11) is 0. The summed E-state index contributed by atoms with van der Waals surface area (Å²) < 4.78 is 11.5. The molecule has 0 unspecified atom stereocenters. The minimum absolute atomic E-state index is 0.0344. The van der Waals surface area contributed by atoms with Crippen molar-refractivity contribution in [3.05, 3.63) is 67.0 Å². The largest absolute Gasteiger partial charge is 0.489 e. The lowest BCUT2D eigenvalue weighted by atomic mass is 9.97. The number of rotatable bonds is 2. The van der Waals surface area contributed by atoms with E-state index in [4.69, 9.17) is 21.1 Å². The Morgan fingerprint density at radius 2 is 2.04 bits per heavy atom. The van der Waals surface area contributed by atoms with Crippen LogP contribution in [0.4, 0.5) is 0 Å². The van der Waals surface area contributed by atoms with Crippen LogP contribution < -0.4 is 9.47 Å². The lowest BCUT2D eigenvalue weighted by Gasteiger charge is -2.35. The van der Waals surface area contributed by atoms with Gasteiger partial charge in [-0.1, -0.05) is 17.7 Å². The van der Waals surface area contributed by atoms with Crippen LogP contribution >= 0.6 is 34.3 Å². The van der Waals surface area contributed by atoms with Crippen molar-refractivity contribution in [2.24, 2.45) is 0 Å². The minimum atomic E-state index is -0.0581. The summed E-state index contributed by atoms with van der Waals surface area (Å²) in [6.07, 6.45) is 1.67. The highest BCUT2D eigenvalue weighted by molar-refractivity contribution is 7.10. The van der Waals surface area contributed by atoms with Crippen LogP contribution in [0.2, 0.25) is 5.02 Å². The molecule has 0 saturated carbocycles. The zero-order chi connectivity index (χ0) is 19.1. The van der Waals surface area contributed by atoms with Crippen molar-refractivity contribution in [1.82, 2.24) is 4.90 Å². The summed E-state index contributed by atoms with van der Waals surface area (Å²) in [5.41, 5.74) is 1.77. The van der Waals surface area contributed by atoms with Crippen LogP contribution in [-0.4, -0.2) is 30.6 Å². The fourth-order valence-corrected chi connectivity index (χ4v) is 5.83. The Hall–Kier alpha value is -2.02. The minimum Gasteiger partial charge on any atom is -0.489 e. The number of ether oxygens (including phenoxy) is 2. The lowest BCUT2D eigenvalue weighted by molar-refractivity contribution is 0.0698. The van der Waals surface area contributed by atoms with Gasteiger partial charge in [-0.15, -0.1) is 22.7 Å². The van der Waals surface area contributed by atoms with Gasteiger partial charge in [-0.25, -0.2) is 0 Å². The number of thiophene rings is 2. The Labute approximate surface area is 176 Å². The molecular formula is C21H18ClNO3S2. The predicted molar refractivity (Wildman–Crippen MR) is 112 cm³/mol. The molecule has 1 amide bonds. The average Bonchev–Trinajstić information content (AvgIpc) is 3.34. The van der Waals surface area contributed by atoms with Crippen LogP contribution in [-0.2, 0) is 6.42 Å². The van der Waals surface area contributed by atoms with E-state index in [9.17, 15) is 4.79 Å². The molecule has 7 heteroatoms. The first-order valence-electron chi connectivity index (χ1n) is 9.22. The second-order valence-electron chi connectivity index (χ2n) is 6.80. The Bertz CT molecular complexity index is 1010. The van der Waals surface area contributed by atoms with Crippen LogP contribution in [0.3, 0.4) is 0 Å². The van der Waals surface area contributed by atoms with Gasteiger partial charge in [-0.05, 0) is 47.0 Å². The first-order valence-corrected chi connectivity index (χ1v) is 11.4. The molecule has 0 saturated heterocycles.